The van der Waals surface area contributed by atoms with Crippen LogP contribution in [0.5, 0.6) is 0 Å². The molecular formula is C18H25NO11S2. The molecule has 0 aliphatic heterocycles. The Bertz CT molecular complexity index is 977. The molecule has 0 amide bonds. The van der Waals surface area contributed by atoms with Crippen LogP contribution in [0, 0.1) is 6.92 Å². The maximum absolute atomic E-state index is 11.0. The maximum Gasteiger partial charge on any atom is 0.328 e. The largest absolute Gasteiger partial charge is 0.478 e. The minimum Gasteiger partial charge on any atom is -0.478 e. The van der Waals surface area contributed by atoms with E-state index in [1.807, 2.05) is 0 Å². The Morgan fingerprint density at radius 3 is 1.69 bits per heavy atom. The normalized spacial score (nSPS) is 11.5. The number of anilines is 1. The molecule has 12 nitrogen and oxygen atoms in total. The second-order valence-electron chi connectivity index (χ2n) is 6.21. The minimum atomic E-state index is -3.56. The van der Waals surface area contributed by atoms with E-state index in [0.717, 1.165) is 24.4 Å². The third kappa shape index (κ3) is 15.1. The van der Waals surface area contributed by atoms with Crippen LogP contribution < -0.4 is 4.90 Å². The van der Waals surface area contributed by atoms with Crippen molar-refractivity contribution in [2.75, 3.05) is 43.7 Å². The van der Waals surface area contributed by atoms with Crippen molar-refractivity contribution in [3.63, 3.8) is 0 Å². The summed E-state index contributed by atoms with van der Waals surface area (Å²) >= 11 is 0. The Morgan fingerprint density at radius 2 is 1.38 bits per heavy atom. The number of aldehydes is 1. The summed E-state index contributed by atoms with van der Waals surface area (Å²) < 4.78 is 53.6. The van der Waals surface area contributed by atoms with Crippen LogP contribution in [0.2, 0.25) is 0 Å². The molecule has 0 bridgehead atoms. The van der Waals surface area contributed by atoms with Gasteiger partial charge in [-0.2, -0.15) is 16.8 Å². The fraction of sp³-hybridized carbons (Fsp3) is 0.389. The third-order valence-electron chi connectivity index (χ3n) is 3.43. The predicted molar refractivity (Wildman–Crippen MR) is 115 cm³/mol. The van der Waals surface area contributed by atoms with Gasteiger partial charge in [0.1, 0.15) is 6.29 Å². The van der Waals surface area contributed by atoms with E-state index in [2.05, 4.69) is 0 Å². The molecule has 1 rings (SSSR count). The summed E-state index contributed by atoms with van der Waals surface area (Å²) in [6.07, 6.45) is 3.76. The first-order valence-corrected chi connectivity index (χ1v) is 12.4. The Kier molecular flexibility index (Phi) is 12.4. The number of aryl methyl sites for hydroxylation is 1. The van der Waals surface area contributed by atoms with Gasteiger partial charge in [0.2, 0.25) is 0 Å². The molecule has 0 unspecified atom stereocenters. The van der Waals surface area contributed by atoms with Gasteiger partial charge >= 0.3 is 11.9 Å². The van der Waals surface area contributed by atoms with Crippen molar-refractivity contribution in [1.29, 1.82) is 0 Å². The average molecular weight is 496 g/mol. The smallest absolute Gasteiger partial charge is 0.328 e. The van der Waals surface area contributed by atoms with Gasteiger partial charge in [-0.15, -0.1) is 0 Å². The van der Waals surface area contributed by atoms with Crippen molar-refractivity contribution in [2.24, 2.45) is 0 Å². The second-order valence-corrected chi connectivity index (χ2v) is 9.50. The van der Waals surface area contributed by atoms with Gasteiger partial charge in [-0.1, -0.05) is 0 Å². The molecule has 180 valence electrons. The summed E-state index contributed by atoms with van der Waals surface area (Å²) in [5.41, 5.74) is 1.99. The first-order valence-electron chi connectivity index (χ1n) is 8.78. The standard InChI is InChI=1S/C14H21NO7S2.C4H4O4/c1-12-10-14(5-4-13(12)11-16)15(6-8-21-23(2,17)18)7-9-22-24(3,19)20;5-3(6)1-2-4(7)8/h4-5,10-11H,6-9H2,1-3H3;1-2H,(H,5,6)(H,7,8)/b;2-1+. The lowest BCUT2D eigenvalue weighted by Crippen LogP contribution is -2.32. The Morgan fingerprint density at radius 1 is 0.938 bits per heavy atom. The first kappa shape index (κ1) is 29.2. The highest BCUT2D eigenvalue weighted by molar-refractivity contribution is 7.86. The summed E-state index contributed by atoms with van der Waals surface area (Å²) in [6, 6.07) is 5.09. The molecule has 0 radical (unpaired) electrons. The van der Waals surface area contributed by atoms with Crippen molar-refractivity contribution < 1.29 is 49.8 Å². The number of aliphatic carboxylic acids is 2. The second kappa shape index (κ2) is 13.6. The van der Waals surface area contributed by atoms with Crippen molar-refractivity contribution in [2.45, 2.75) is 6.92 Å². The molecule has 0 heterocycles. The Balaban J connectivity index is 0.00000102. The number of carbonyl (C=O) groups is 3. The zero-order valence-corrected chi connectivity index (χ0v) is 19.3. The Labute approximate surface area is 186 Å². The molecule has 0 aromatic heterocycles. The van der Waals surface area contributed by atoms with Crippen LogP contribution >= 0.6 is 0 Å². The number of hydrogen-bond acceptors (Lipinski definition) is 10. The zero-order chi connectivity index (χ0) is 24.9. The van der Waals surface area contributed by atoms with E-state index < -0.39 is 32.2 Å². The molecule has 0 saturated heterocycles. The molecule has 0 aliphatic carbocycles. The van der Waals surface area contributed by atoms with Gasteiger partial charge in [0.05, 0.1) is 25.7 Å². The molecular weight excluding hydrogens is 470 g/mol. The molecule has 2 N–H and O–H groups in total. The fourth-order valence-corrected chi connectivity index (χ4v) is 2.85. The average Bonchev–Trinajstić information content (AvgIpc) is 2.63. The molecule has 32 heavy (non-hydrogen) atoms. The number of rotatable bonds is 12. The van der Waals surface area contributed by atoms with Crippen LogP contribution in [0.3, 0.4) is 0 Å². The molecule has 1 aromatic carbocycles. The summed E-state index contributed by atoms with van der Waals surface area (Å²) in [5.74, 6) is -2.51. The van der Waals surface area contributed by atoms with Crippen LogP contribution in [0.4, 0.5) is 5.69 Å². The molecule has 0 aliphatic rings. The van der Waals surface area contributed by atoms with Crippen molar-refractivity contribution in [1.82, 2.24) is 0 Å². The topological polar surface area (TPSA) is 182 Å². The lowest BCUT2D eigenvalue weighted by molar-refractivity contribution is -0.134. The maximum atomic E-state index is 11.0. The number of hydrogen-bond donors (Lipinski definition) is 2. The molecule has 0 spiro atoms. The number of carboxylic acid groups (broad SMARTS) is 2. The van der Waals surface area contributed by atoms with Gasteiger partial charge in [-0.3, -0.25) is 13.2 Å². The van der Waals surface area contributed by atoms with Crippen LogP contribution in [0.25, 0.3) is 0 Å². The van der Waals surface area contributed by atoms with E-state index in [-0.39, 0.29) is 26.3 Å². The summed E-state index contributed by atoms with van der Waals surface area (Å²) in [5, 5.41) is 15.6. The Hall–Kier alpha value is -2.81. The highest BCUT2D eigenvalue weighted by Gasteiger charge is 2.12. The lowest BCUT2D eigenvalue weighted by Gasteiger charge is -2.25. The van der Waals surface area contributed by atoms with Crippen molar-refractivity contribution >= 4 is 44.1 Å². The van der Waals surface area contributed by atoms with E-state index in [4.69, 9.17) is 18.6 Å². The quantitative estimate of drug-likeness (QED) is 0.230. The molecule has 1 aromatic rings. The first-order chi connectivity index (χ1) is 14.6. The van der Waals surface area contributed by atoms with Gasteiger partial charge < -0.3 is 15.1 Å². The van der Waals surface area contributed by atoms with E-state index in [0.29, 0.717) is 23.4 Å². The van der Waals surface area contributed by atoms with Gasteiger partial charge in [0, 0.05) is 36.5 Å². The van der Waals surface area contributed by atoms with Crippen LogP contribution in [-0.4, -0.2) is 84.1 Å². The van der Waals surface area contributed by atoms with Gasteiger partial charge in [-0.05, 0) is 30.7 Å². The van der Waals surface area contributed by atoms with Gasteiger partial charge in [-0.25, -0.2) is 9.59 Å². The number of nitrogens with zero attached hydrogens (tertiary/aromatic N) is 1. The molecule has 0 atom stereocenters. The van der Waals surface area contributed by atoms with Crippen molar-refractivity contribution in [3.8, 4) is 0 Å². The van der Waals surface area contributed by atoms with E-state index >= 15 is 0 Å². The number of carbonyl (C=O) groups excluding carboxylic acids is 1. The number of benzene rings is 1. The zero-order valence-electron chi connectivity index (χ0n) is 17.6. The van der Waals surface area contributed by atoms with E-state index in [1.165, 1.54) is 0 Å². The summed E-state index contributed by atoms with van der Waals surface area (Å²) in [7, 11) is -7.13. The van der Waals surface area contributed by atoms with Gasteiger partial charge in [0.15, 0.2) is 0 Å². The van der Waals surface area contributed by atoms with Gasteiger partial charge in [0.25, 0.3) is 20.2 Å². The van der Waals surface area contributed by atoms with E-state index in [1.54, 1.807) is 30.0 Å². The third-order valence-corrected chi connectivity index (χ3v) is 4.62. The van der Waals surface area contributed by atoms with E-state index in [9.17, 15) is 31.2 Å². The minimum absolute atomic E-state index is 0.0911. The predicted octanol–water partition coefficient (Wildman–Crippen LogP) is 0.278. The SMILES string of the molecule is Cc1cc(N(CCOS(C)(=O)=O)CCOS(C)(=O)=O)ccc1C=O.O=C(O)/C=C/C(=O)O. The fourth-order valence-electron chi connectivity index (χ4n) is 2.10. The van der Waals surface area contributed by atoms with Crippen LogP contribution in [0.15, 0.2) is 30.4 Å². The van der Waals surface area contributed by atoms with Crippen molar-refractivity contribution in [3.05, 3.63) is 41.5 Å². The highest BCUT2D eigenvalue weighted by atomic mass is 32.2. The van der Waals surface area contributed by atoms with Crippen LogP contribution in [-0.2, 0) is 38.2 Å². The summed E-state index contributed by atoms with van der Waals surface area (Å²) in [6.45, 7) is 2.00. The summed E-state index contributed by atoms with van der Waals surface area (Å²) in [4.78, 5) is 31.7. The lowest BCUT2D eigenvalue weighted by atomic mass is 10.1. The highest BCUT2D eigenvalue weighted by Crippen LogP contribution is 2.18. The monoisotopic (exact) mass is 495 g/mol. The molecule has 14 heteroatoms. The molecule has 0 saturated carbocycles. The molecule has 0 fully saturated rings. The number of carboxylic acids is 2. The van der Waals surface area contributed by atoms with Crippen LogP contribution in [0.1, 0.15) is 15.9 Å².